The summed E-state index contributed by atoms with van der Waals surface area (Å²) in [6, 6.07) is 6.45. The van der Waals surface area contributed by atoms with Crippen LogP contribution in [-0.2, 0) is 0 Å². The maximum atomic E-state index is 5.53. The molecule has 1 heterocycles. The van der Waals surface area contributed by atoms with E-state index in [1.54, 1.807) is 0 Å². The zero-order chi connectivity index (χ0) is 10.3. The zero-order valence-electron chi connectivity index (χ0n) is 9.09. The number of rotatable bonds is 1. The first kappa shape index (κ1) is 10.0. The first-order valence-corrected chi connectivity index (χ1v) is 14.8. The van der Waals surface area contributed by atoms with Gasteiger partial charge in [0.05, 0.1) is 0 Å². The van der Waals surface area contributed by atoms with Crippen molar-refractivity contribution in [2.24, 2.45) is 0 Å². The molecule has 3 heteroatoms. The molecule has 0 N–H and O–H groups in total. The molecule has 0 aliphatic heterocycles. The SMILES string of the molecule is Cc1nc2cc[c]([Sn]([CH3])([CH3])[CH3])cc2o1. The number of aromatic nitrogens is 1. The summed E-state index contributed by atoms with van der Waals surface area (Å²) in [4.78, 5) is 11.5. The van der Waals surface area contributed by atoms with Crippen LogP contribution >= 0.6 is 0 Å². The van der Waals surface area contributed by atoms with Gasteiger partial charge in [-0.25, -0.2) is 0 Å². The molecule has 0 fully saturated rings. The molecule has 2 nitrogen and oxygen atoms in total. The van der Waals surface area contributed by atoms with E-state index in [0.717, 1.165) is 17.0 Å². The first-order chi connectivity index (χ1) is 6.47. The molecule has 0 atom stereocenters. The molecule has 2 aromatic rings. The molecule has 0 aliphatic carbocycles. The van der Waals surface area contributed by atoms with E-state index in [0.29, 0.717) is 0 Å². The third-order valence-corrected chi connectivity index (χ3v) is 8.19. The molecule has 0 saturated heterocycles. The zero-order valence-corrected chi connectivity index (χ0v) is 11.9. The second kappa shape index (κ2) is 3.26. The Kier molecular flexibility index (Phi) is 2.33. The number of hydrogen-bond acceptors (Lipinski definition) is 2. The van der Waals surface area contributed by atoms with Crippen LogP contribution in [0.5, 0.6) is 0 Å². The van der Waals surface area contributed by atoms with Crippen molar-refractivity contribution in [2.75, 3.05) is 0 Å². The van der Waals surface area contributed by atoms with Crippen molar-refractivity contribution in [3.63, 3.8) is 0 Å². The van der Waals surface area contributed by atoms with Crippen molar-refractivity contribution in [2.45, 2.75) is 21.7 Å². The number of benzene rings is 1. The van der Waals surface area contributed by atoms with E-state index in [9.17, 15) is 0 Å². The Morgan fingerprint density at radius 3 is 2.57 bits per heavy atom. The second-order valence-electron chi connectivity index (χ2n) is 4.67. The van der Waals surface area contributed by atoms with Crippen LogP contribution in [0.2, 0.25) is 14.8 Å². The quantitative estimate of drug-likeness (QED) is 0.756. The topological polar surface area (TPSA) is 26.0 Å². The van der Waals surface area contributed by atoms with E-state index in [1.807, 2.05) is 6.92 Å². The molecule has 0 radical (unpaired) electrons. The number of oxazole rings is 1. The van der Waals surface area contributed by atoms with Crippen molar-refractivity contribution in [3.05, 3.63) is 24.1 Å². The molecule has 0 amide bonds. The number of aryl methyl sites for hydroxylation is 1. The van der Waals surface area contributed by atoms with Crippen LogP contribution < -0.4 is 3.58 Å². The first-order valence-electron chi connectivity index (χ1n) is 4.84. The van der Waals surface area contributed by atoms with E-state index in [1.165, 1.54) is 3.58 Å². The van der Waals surface area contributed by atoms with Gasteiger partial charge in [-0.2, -0.15) is 0 Å². The molecule has 0 spiro atoms. The van der Waals surface area contributed by atoms with E-state index in [4.69, 9.17) is 4.42 Å². The molecule has 0 saturated carbocycles. The average molecular weight is 296 g/mol. The summed E-state index contributed by atoms with van der Waals surface area (Å²) in [6.45, 7) is 1.89. The van der Waals surface area contributed by atoms with E-state index in [2.05, 4.69) is 38.0 Å². The number of hydrogen-bond donors (Lipinski definition) is 0. The van der Waals surface area contributed by atoms with Gasteiger partial charge in [-0.1, -0.05) is 0 Å². The van der Waals surface area contributed by atoms with Crippen molar-refractivity contribution in [3.8, 4) is 0 Å². The third kappa shape index (κ3) is 1.80. The van der Waals surface area contributed by atoms with Crippen molar-refractivity contribution < 1.29 is 4.42 Å². The molecule has 1 aromatic heterocycles. The summed E-state index contributed by atoms with van der Waals surface area (Å²) in [7, 11) is 0. The fourth-order valence-electron chi connectivity index (χ4n) is 1.51. The molecule has 0 aliphatic rings. The van der Waals surface area contributed by atoms with E-state index < -0.39 is 18.4 Å². The Morgan fingerprint density at radius 1 is 1.21 bits per heavy atom. The summed E-state index contributed by atoms with van der Waals surface area (Å²) in [5.41, 5.74) is 1.91. The van der Waals surface area contributed by atoms with Crippen molar-refractivity contribution in [1.82, 2.24) is 4.98 Å². The summed E-state index contributed by atoms with van der Waals surface area (Å²) in [5.74, 6) is 0.751. The normalized spacial score (nSPS) is 12.3. The van der Waals surface area contributed by atoms with Crippen LogP contribution in [0.3, 0.4) is 0 Å². The van der Waals surface area contributed by atoms with Gasteiger partial charge in [-0.3, -0.25) is 0 Å². The van der Waals surface area contributed by atoms with Gasteiger partial charge in [0.1, 0.15) is 0 Å². The second-order valence-corrected chi connectivity index (χ2v) is 19.2. The van der Waals surface area contributed by atoms with Gasteiger partial charge in [-0.15, -0.1) is 0 Å². The van der Waals surface area contributed by atoms with Crippen LogP contribution in [0.1, 0.15) is 5.89 Å². The fourth-order valence-corrected chi connectivity index (χ4v) is 4.78. The monoisotopic (exact) mass is 297 g/mol. The van der Waals surface area contributed by atoms with Crippen molar-refractivity contribution in [1.29, 1.82) is 0 Å². The third-order valence-electron chi connectivity index (χ3n) is 2.36. The van der Waals surface area contributed by atoms with E-state index >= 15 is 0 Å². The Balaban J connectivity index is 2.62. The summed E-state index contributed by atoms with van der Waals surface area (Å²) in [5, 5.41) is 0. The van der Waals surface area contributed by atoms with Gasteiger partial charge in [0, 0.05) is 0 Å². The van der Waals surface area contributed by atoms with Crippen LogP contribution in [0.4, 0.5) is 0 Å². The summed E-state index contributed by atoms with van der Waals surface area (Å²) >= 11 is -1.94. The van der Waals surface area contributed by atoms with E-state index in [-0.39, 0.29) is 0 Å². The molecule has 2 rings (SSSR count). The average Bonchev–Trinajstić information content (AvgIpc) is 2.41. The predicted molar refractivity (Wildman–Crippen MR) is 61.7 cm³/mol. The molecule has 14 heavy (non-hydrogen) atoms. The Morgan fingerprint density at radius 2 is 1.93 bits per heavy atom. The molecule has 1 aromatic carbocycles. The summed E-state index contributed by atoms with van der Waals surface area (Å²) in [6.07, 6.45) is 0. The Bertz CT molecular complexity index is 468. The van der Waals surface area contributed by atoms with Gasteiger partial charge in [0.25, 0.3) is 0 Å². The van der Waals surface area contributed by atoms with Gasteiger partial charge >= 0.3 is 88.3 Å². The number of fused-ring (bicyclic) bond motifs is 1. The van der Waals surface area contributed by atoms with Gasteiger partial charge in [0.15, 0.2) is 0 Å². The van der Waals surface area contributed by atoms with Gasteiger partial charge < -0.3 is 0 Å². The molecule has 0 bridgehead atoms. The minimum atomic E-state index is -1.94. The number of nitrogens with zero attached hydrogens (tertiary/aromatic N) is 1. The Hall–Kier alpha value is -0.511. The van der Waals surface area contributed by atoms with Gasteiger partial charge in [0.2, 0.25) is 0 Å². The van der Waals surface area contributed by atoms with Crippen LogP contribution in [0.15, 0.2) is 22.6 Å². The molecular formula is C11H15NOSn. The van der Waals surface area contributed by atoms with Gasteiger partial charge in [-0.05, 0) is 0 Å². The standard InChI is InChI=1S/C8H6NO.3CH3.Sn/c1-6-9-7-4-2-3-5-8(7)10-6;;;;/h2,4-5H,1H3;3*1H3;. The Labute approximate surface area is 88.2 Å². The predicted octanol–water partition coefficient (Wildman–Crippen LogP) is 2.68. The molecule has 0 unspecified atom stereocenters. The molecular weight excluding hydrogens is 281 g/mol. The molecule has 74 valence electrons. The van der Waals surface area contributed by atoms with Crippen LogP contribution in [0, 0.1) is 6.92 Å². The van der Waals surface area contributed by atoms with Crippen LogP contribution in [-0.4, -0.2) is 23.4 Å². The van der Waals surface area contributed by atoms with Crippen molar-refractivity contribution >= 4 is 33.1 Å². The maximum absolute atomic E-state index is 5.53. The summed E-state index contributed by atoms with van der Waals surface area (Å²) < 4.78 is 7.02. The minimum absolute atomic E-state index is 0.751. The fraction of sp³-hybridized carbons (Fsp3) is 0.364. The van der Waals surface area contributed by atoms with Crippen LogP contribution in [0.25, 0.3) is 11.1 Å².